The van der Waals surface area contributed by atoms with Crippen molar-refractivity contribution in [2.75, 3.05) is 13.9 Å². The van der Waals surface area contributed by atoms with Crippen molar-refractivity contribution in [3.8, 4) is 17.2 Å². The first-order valence-corrected chi connectivity index (χ1v) is 8.75. The lowest BCUT2D eigenvalue weighted by Gasteiger charge is -2.22. The number of hydrogen-bond acceptors (Lipinski definition) is 5. The van der Waals surface area contributed by atoms with Gasteiger partial charge in [0.1, 0.15) is 5.54 Å². The number of nitrogens with one attached hydrogen (secondary N) is 1. The average Bonchev–Trinajstić information content (AvgIpc) is 3.20. The number of carbonyl (C=O) groups is 2. The molecule has 2 heterocycles. The molecule has 2 aromatic rings. The number of benzene rings is 2. The van der Waals surface area contributed by atoms with Crippen molar-refractivity contribution >= 4 is 11.9 Å². The molecule has 2 aliphatic rings. The van der Waals surface area contributed by atoms with Crippen LogP contribution in [-0.4, -0.2) is 36.3 Å². The van der Waals surface area contributed by atoms with Crippen LogP contribution in [0.4, 0.5) is 9.18 Å². The number of amides is 3. The van der Waals surface area contributed by atoms with Crippen LogP contribution in [0.5, 0.6) is 17.2 Å². The van der Waals surface area contributed by atoms with Crippen molar-refractivity contribution in [1.82, 2.24) is 10.2 Å². The fraction of sp³-hybridized carbons (Fsp3) is 0.300. The number of imide groups is 1. The molecular weight excluding hydrogens is 367 g/mol. The lowest BCUT2D eigenvalue weighted by molar-refractivity contribution is -0.131. The molecule has 0 spiro atoms. The van der Waals surface area contributed by atoms with Gasteiger partial charge in [0.05, 0.1) is 13.7 Å². The summed E-state index contributed by atoms with van der Waals surface area (Å²) < 4.78 is 29.5. The van der Waals surface area contributed by atoms with Crippen LogP contribution in [0, 0.1) is 5.82 Å². The van der Waals surface area contributed by atoms with Gasteiger partial charge in [-0.05, 0) is 42.3 Å². The summed E-state index contributed by atoms with van der Waals surface area (Å²) in [5.41, 5.74) is 0.224. The summed E-state index contributed by atoms with van der Waals surface area (Å²) in [6, 6.07) is 9.25. The molecule has 0 unspecified atom stereocenters. The van der Waals surface area contributed by atoms with Crippen LogP contribution < -0.4 is 19.5 Å². The minimum absolute atomic E-state index is 0.0255. The van der Waals surface area contributed by atoms with E-state index in [2.05, 4.69) is 5.32 Å². The third-order valence-corrected chi connectivity index (χ3v) is 4.90. The molecule has 8 heteroatoms. The number of urea groups is 1. The predicted molar refractivity (Wildman–Crippen MR) is 96.7 cm³/mol. The minimum Gasteiger partial charge on any atom is -0.494 e. The normalized spacial score (nSPS) is 20.5. The van der Waals surface area contributed by atoms with Crippen LogP contribution in [0.15, 0.2) is 36.4 Å². The van der Waals surface area contributed by atoms with Gasteiger partial charge < -0.3 is 19.5 Å². The van der Waals surface area contributed by atoms with Crippen molar-refractivity contribution in [2.24, 2.45) is 0 Å². The molecule has 1 atom stereocenters. The number of nitrogens with zero attached hydrogens (tertiary/aromatic N) is 1. The van der Waals surface area contributed by atoms with Gasteiger partial charge in [-0.3, -0.25) is 9.69 Å². The predicted octanol–water partition coefficient (Wildman–Crippen LogP) is 2.62. The molecule has 28 heavy (non-hydrogen) atoms. The molecule has 0 saturated carbocycles. The first-order valence-electron chi connectivity index (χ1n) is 8.75. The van der Waals surface area contributed by atoms with Crippen molar-refractivity contribution in [3.05, 3.63) is 53.3 Å². The zero-order chi connectivity index (χ0) is 19.9. The fourth-order valence-corrected chi connectivity index (χ4v) is 3.46. The topological polar surface area (TPSA) is 77.1 Å². The van der Waals surface area contributed by atoms with E-state index in [1.807, 2.05) is 6.07 Å². The maximum absolute atomic E-state index is 13.9. The number of carbonyl (C=O) groups excluding carboxylic acids is 2. The third-order valence-electron chi connectivity index (χ3n) is 4.90. The largest absolute Gasteiger partial charge is 0.494 e. The molecule has 2 aliphatic heterocycles. The van der Waals surface area contributed by atoms with Gasteiger partial charge in [-0.15, -0.1) is 0 Å². The van der Waals surface area contributed by atoms with E-state index in [9.17, 15) is 14.0 Å². The van der Waals surface area contributed by atoms with E-state index in [4.69, 9.17) is 14.2 Å². The van der Waals surface area contributed by atoms with E-state index < -0.39 is 17.4 Å². The highest BCUT2D eigenvalue weighted by atomic mass is 19.1. The standard InChI is InChI=1S/C20H19FN2O5/c1-20(9-12-3-6-16-17(8-12)28-11-27-16)18(24)23(19(25)22-20)10-13-4-5-15(26-2)14(21)7-13/h3-8H,9-11H2,1-2H3,(H,22,25)/t20-/m0/s1. The highest BCUT2D eigenvalue weighted by Crippen LogP contribution is 2.34. The molecule has 1 fully saturated rings. The van der Waals surface area contributed by atoms with Crippen LogP contribution in [0.25, 0.3) is 0 Å². The monoisotopic (exact) mass is 386 g/mol. The number of methoxy groups -OCH3 is 1. The Hall–Kier alpha value is -3.29. The highest BCUT2D eigenvalue weighted by molar-refractivity contribution is 6.06. The second-order valence-corrected chi connectivity index (χ2v) is 6.99. The Kier molecular flexibility index (Phi) is 4.33. The molecule has 7 nitrogen and oxygen atoms in total. The summed E-state index contributed by atoms with van der Waals surface area (Å²) in [7, 11) is 1.37. The van der Waals surface area contributed by atoms with Crippen LogP contribution in [0.1, 0.15) is 18.1 Å². The number of hydrogen-bond donors (Lipinski definition) is 1. The van der Waals surface area contributed by atoms with Gasteiger partial charge in [0.15, 0.2) is 23.1 Å². The molecule has 0 bridgehead atoms. The highest BCUT2D eigenvalue weighted by Gasteiger charge is 2.47. The lowest BCUT2D eigenvalue weighted by Crippen LogP contribution is -2.45. The van der Waals surface area contributed by atoms with Gasteiger partial charge in [-0.1, -0.05) is 12.1 Å². The van der Waals surface area contributed by atoms with Crippen LogP contribution in [0.3, 0.4) is 0 Å². The molecular formula is C20H19FN2O5. The summed E-state index contributed by atoms with van der Waals surface area (Å²) in [6.07, 6.45) is 0.293. The summed E-state index contributed by atoms with van der Waals surface area (Å²) in [5.74, 6) is 0.456. The first-order chi connectivity index (χ1) is 13.4. The molecule has 0 aliphatic carbocycles. The summed E-state index contributed by atoms with van der Waals surface area (Å²) in [5, 5.41) is 2.75. The van der Waals surface area contributed by atoms with E-state index in [1.165, 1.54) is 19.2 Å². The van der Waals surface area contributed by atoms with Gasteiger partial charge >= 0.3 is 6.03 Å². The van der Waals surface area contributed by atoms with E-state index in [0.717, 1.165) is 10.5 Å². The average molecular weight is 386 g/mol. The Morgan fingerprint density at radius 3 is 2.64 bits per heavy atom. The second-order valence-electron chi connectivity index (χ2n) is 6.99. The number of fused-ring (bicyclic) bond motifs is 1. The van der Waals surface area contributed by atoms with E-state index >= 15 is 0 Å². The maximum Gasteiger partial charge on any atom is 0.325 e. The van der Waals surface area contributed by atoms with Gasteiger partial charge in [-0.2, -0.15) is 0 Å². The zero-order valence-electron chi connectivity index (χ0n) is 15.5. The Bertz CT molecular complexity index is 964. The Labute approximate surface area is 161 Å². The van der Waals surface area contributed by atoms with Gasteiger partial charge in [0.2, 0.25) is 6.79 Å². The number of ether oxygens (including phenoxy) is 3. The van der Waals surface area contributed by atoms with E-state index in [0.29, 0.717) is 23.5 Å². The third kappa shape index (κ3) is 3.11. The lowest BCUT2D eigenvalue weighted by atomic mass is 9.92. The molecule has 3 amide bonds. The van der Waals surface area contributed by atoms with E-state index in [-0.39, 0.29) is 25.0 Å². The Balaban J connectivity index is 1.52. The summed E-state index contributed by atoms with van der Waals surface area (Å²) >= 11 is 0. The molecule has 2 aromatic carbocycles. The first kappa shape index (κ1) is 18.1. The van der Waals surface area contributed by atoms with Crippen molar-refractivity contribution in [2.45, 2.75) is 25.4 Å². The molecule has 146 valence electrons. The van der Waals surface area contributed by atoms with Gasteiger partial charge in [-0.25, -0.2) is 9.18 Å². The SMILES string of the molecule is COc1ccc(CN2C(=O)N[C@@](C)(Cc3ccc4c(c3)OCO4)C2=O)cc1F. The minimum atomic E-state index is -1.10. The van der Waals surface area contributed by atoms with Crippen molar-refractivity contribution < 1.29 is 28.2 Å². The van der Waals surface area contributed by atoms with Crippen LogP contribution in [0.2, 0.25) is 0 Å². The second kappa shape index (κ2) is 6.70. The zero-order valence-corrected chi connectivity index (χ0v) is 15.5. The fourth-order valence-electron chi connectivity index (χ4n) is 3.46. The smallest absolute Gasteiger partial charge is 0.325 e. The van der Waals surface area contributed by atoms with Gasteiger partial charge in [0, 0.05) is 6.42 Å². The maximum atomic E-state index is 13.9. The Morgan fingerprint density at radius 2 is 1.89 bits per heavy atom. The summed E-state index contributed by atoms with van der Waals surface area (Å²) in [4.78, 5) is 26.5. The quantitative estimate of drug-likeness (QED) is 0.800. The molecule has 4 rings (SSSR count). The van der Waals surface area contributed by atoms with Crippen LogP contribution >= 0.6 is 0 Å². The Morgan fingerprint density at radius 1 is 1.14 bits per heavy atom. The number of halogens is 1. The summed E-state index contributed by atoms with van der Waals surface area (Å²) in [6.45, 7) is 1.81. The van der Waals surface area contributed by atoms with Crippen molar-refractivity contribution in [1.29, 1.82) is 0 Å². The molecule has 0 radical (unpaired) electrons. The molecule has 1 N–H and O–H groups in total. The van der Waals surface area contributed by atoms with Crippen molar-refractivity contribution in [3.63, 3.8) is 0 Å². The molecule has 1 saturated heterocycles. The molecule has 0 aromatic heterocycles. The van der Waals surface area contributed by atoms with Crippen LogP contribution in [-0.2, 0) is 17.8 Å². The van der Waals surface area contributed by atoms with Gasteiger partial charge in [0.25, 0.3) is 5.91 Å². The van der Waals surface area contributed by atoms with E-state index in [1.54, 1.807) is 25.1 Å². The number of rotatable bonds is 5.